The molecule has 5 atom stereocenters. The van der Waals surface area contributed by atoms with Crippen molar-refractivity contribution in [3.05, 3.63) is 46.1 Å². The molecular weight excluding hydrogens is 424 g/mol. The van der Waals surface area contributed by atoms with Crippen LogP contribution in [-0.4, -0.2) is 22.2 Å². The zero-order chi connectivity index (χ0) is 25.4. The molecule has 3 aliphatic rings. The van der Waals surface area contributed by atoms with Gasteiger partial charge in [0.05, 0.1) is 0 Å². The van der Waals surface area contributed by atoms with E-state index in [9.17, 15) is 14.7 Å². The molecule has 0 saturated carbocycles. The first-order chi connectivity index (χ1) is 15.8. The number of rotatable bonds is 9. The third kappa shape index (κ3) is 4.70. The average molecular weight is 469 g/mol. The molecule has 0 amide bonds. The molecule has 4 nitrogen and oxygen atoms in total. The van der Waals surface area contributed by atoms with Crippen molar-refractivity contribution >= 4 is 11.9 Å². The van der Waals surface area contributed by atoms with Gasteiger partial charge in [-0.2, -0.15) is 0 Å². The molecule has 0 aromatic heterocycles. The number of aliphatic carboxylic acids is 2. The van der Waals surface area contributed by atoms with E-state index >= 15 is 0 Å². The van der Waals surface area contributed by atoms with Crippen molar-refractivity contribution in [3.63, 3.8) is 0 Å². The Morgan fingerprint density at radius 1 is 1.18 bits per heavy atom. The first kappa shape index (κ1) is 26.5. The van der Waals surface area contributed by atoms with E-state index in [-0.39, 0.29) is 17.3 Å². The molecule has 5 unspecified atom stereocenters. The minimum atomic E-state index is -0.834. The third-order valence-electron chi connectivity index (χ3n) is 9.45. The maximum atomic E-state index is 11.5. The van der Waals surface area contributed by atoms with Crippen molar-refractivity contribution < 1.29 is 19.8 Å². The van der Waals surface area contributed by atoms with Crippen LogP contribution in [0.5, 0.6) is 0 Å². The standard InChI is InChI=1S/C30H44O4/c1-18(2)23-11-12-24-25(29(23,6)16-14-26(31)32)17-21(5)27-22(13-15-30(24,27)7)19(3)9-8-10-20(4)28(33)34/h10,19,21,23H,1,8-9,11-17H2,2-7H3,(H,31,32)(H,33,34). The lowest BCUT2D eigenvalue weighted by Gasteiger charge is -2.53. The highest BCUT2D eigenvalue weighted by Gasteiger charge is 2.52. The zero-order valence-electron chi connectivity index (χ0n) is 22.1. The number of hydrogen-bond donors (Lipinski definition) is 2. The lowest BCUT2D eigenvalue weighted by molar-refractivity contribution is -0.137. The summed E-state index contributed by atoms with van der Waals surface area (Å²) in [7, 11) is 0. The minimum absolute atomic E-state index is 0.0773. The van der Waals surface area contributed by atoms with Gasteiger partial charge in [0.2, 0.25) is 0 Å². The van der Waals surface area contributed by atoms with E-state index in [1.165, 1.54) is 11.1 Å². The Labute approximate surface area is 205 Å². The molecule has 0 radical (unpaired) electrons. The lowest BCUT2D eigenvalue weighted by atomic mass is 9.51. The van der Waals surface area contributed by atoms with Gasteiger partial charge in [0.1, 0.15) is 0 Å². The first-order valence-corrected chi connectivity index (χ1v) is 13.1. The molecular formula is C30H44O4. The lowest BCUT2D eigenvalue weighted by Crippen LogP contribution is -2.42. The fourth-order valence-electron chi connectivity index (χ4n) is 7.67. The topological polar surface area (TPSA) is 74.6 Å². The van der Waals surface area contributed by atoms with Crippen LogP contribution in [0.25, 0.3) is 0 Å². The number of fused-ring (bicyclic) bond motifs is 2. The Kier molecular flexibility index (Phi) is 7.70. The summed E-state index contributed by atoms with van der Waals surface area (Å²) in [6.45, 7) is 17.5. The maximum absolute atomic E-state index is 11.5. The number of carboxylic acids is 2. The monoisotopic (exact) mass is 468 g/mol. The van der Waals surface area contributed by atoms with Crippen molar-refractivity contribution in [1.29, 1.82) is 0 Å². The molecule has 0 aromatic carbocycles. The van der Waals surface area contributed by atoms with E-state index in [0.29, 0.717) is 29.7 Å². The Morgan fingerprint density at radius 2 is 1.85 bits per heavy atom. The summed E-state index contributed by atoms with van der Waals surface area (Å²) in [5, 5.41) is 18.6. The second-order valence-corrected chi connectivity index (χ2v) is 11.8. The second-order valence-electron chi connectivity index (χ2n) is 11.8. The van der Waals surface area contributed by atoms with Gasteiger partial charge in [0.15, 0.2) is 0 Å². The number of allylic oxidation sites excluding steroid dienone is 6. The Hall–Kier alpha value is -2.10. The van der Waals surface area contributed by atoms with Crippen LogP contribution in [-0.2, 0) is 9.59 Å². The Morgan fingerprint density at radius 3 is 2.44 bits per heavy atom. The molecule has 0 aromatic rings. The molecule has 34 heavy (non-hydrogen) atoms. The van der Waals surface area contributed by atoms with E-state index < -0.39 is 11.9 Å². The minimum Gasteiger partial charge on any atom is -0.481 e. The van der Waals surface area contributed by atoms with E-state index in [0.717, 1.165) is 44.9 Å². The van der Waals surface area contributed by atoms with Gasteiger partial charge in [0.25, 0.3) is 0 Å². The van der Waals surface area contributed by atoms with Crippen LogP contribution >= 0.6 is 0 Å². The van der Waals surface area contributed by atoms with Crippen molar-refractivity contribution in [3.8, 4) is 0 Å². The average Bonchev–Trinajstić information content (AvgIpc) is 3.12. The molecule has 0 spiro atoms. The van der Waals surface area contributed by atoms with Gasteiger partial charge in [0, 0.05) is 17.4 Å². The van der Waals surface area contributed by atoms with Crippen LogP contribution in [0, 0.1) is 28.6 Å². The number of hydrogen-bond acceptors (Lipinski definition) is 2. The SMILES string of the molecule is C=C(C)C1CCC2=C(CC(C)C3=C(C(C)CCC=C(C)C(=O)O)CCC23C)C1(C)CCC(=O)O. The second kappa shape index (κ2) is 9.87. The van der Waals surface area contributed by atoms with Gasteiger partial charge >= 0.3 is 11.9 Å². The van der Waals surface area contributed by atoms with Gasteiger partial charge in [-0.05, 0) is 88.4 Å². The summed E-state index contributed by atoms with van der Waals surface area (Å²) >= 11 is 0. The molecule has 188 valence electrons. The van der Waals surface area contributed by atoms with E-state index in [2.05, 4.69) is 41.2 Å². The van der Waals surface area contributed by atoms with Gasteiger partial charge in [-0.3, -0.25) is 4.79 Å². The molecule has 0 fully saturated rings. The normalized spacial score (nSPS) is 32.4. The molecule has 3 rings (SSSR count). The fraction of sp³-hybridized carbons (Fsp3) is 0.667. The summed E-state index contributed by atoms with van der Waals surface area (Å²) in [6, 6.07) is 0. The molecule has 4 heteroatoms. The highest BCUT2D eigenvalue weighted by Crippen LogP contribution is 2.65. The third-order valence-corrected chi connectivity index (χ3v) is 9.45. The van der Waals surface area contributed by atoms with Crippen LogP contribution in [0.15, 0.2) is 46.1 Å². The largest absolute Gasteiger partial charge is 0.481 e. The summed E-state index contributed by atoms with van der Waals surface area (Å²) in [5.41, 5.74) is 7.91. The molecule has 0 saturated heterocycles. The van der Waals surface area contributed by atoms with Crippen LogP contribution in [0.2, 0.25) is 0 Å². The predicted molar refractivity (Wildman–Crippen MR) is 137 cm³/mol. The molecule has 0 aliphatic heterocycles. The van der Waals surface area contributed by atoms with Crippen molar-refractivity contribution in [1.82, 2.24) is 0 Å². The zero-order valence-corrected chi connectivity index (χ0v) is 22.1. The molecule has 3 aliphatic carbocycles. The van der Waals surface area contributed by atoms with E-state index in [1.54, 1.807) is 23.6 Å². The number of carbonyl (C=O) groups is 2. The highest BCUT2D eigenvalue weighted by molar-refractivity contribution is 5.85. The predicted octanol–water partition coefficient (Wildman–Crippen LogP) is 7.72. The summed E-state index contributed by atoms with van der Waals surface area (Å²) in [4.78, 5) is 22.7. The van der Waals surface area contributed by atoms with Crippen LogP contribution in [0.4, 0.5) is 0 Å². The van der Waals surface area contributed by atoms with Gasteiger partial charge in [-0.1, -0.05) is 68.2 Å². The van der Waals surface area contributed by atoms with Gasteiger partial charge in [-0.15, -0.1) is 0 Å². The number of carboxylic acid groups (broad SMARTS) is 2. The maximum Gasteiger partial charge on any atom is 0.330 e. The highest BCUT2D eigenvalue weighted by atomic mass is 16.4. The van der Waals surface area contributed by atoms with Gasteiger partial charge < -0.3 is 10.2 Å². The summed E-state index contributed by atoms with van der Waals surface area (Å²) in [6.07, 6.45) is 9.94. The van der Waals surface area contributed by atoms with E-state index in [1.807, 2.05) is 6.08 Å². The summed E-state index contributed by atoms with van der Waals surface area (Å²) < 4.78 is 0. The van der Waals surface area contributed by atoms with Crippen LogP contribution < -0.4 is 0 Å². The van der Waals surface area contributed by atoms with Crippen LogP contribution in [0.3, 0.4) is 0 Å². The van der Waals surface area contributed by atoms with Crippen molar-refractivity contribution in [2.24, 2.45) is 28.6 Å². The molecule has 0 heterocycles. The van der Waals surface area contributed by atoms with Crippen LogP contribution in [0.1, 0.15) is 99.3 Å². The smallest absolute Gasteiger partial charge is 0.330 e. The molecule has 0 bridgehead atoms. The fourth-order valence-corrected chi connectivity index (χ4v) is 7.67. The van der Waals surface area contributed by atoms with Gasteiger partial charge in [-0.25, -0.2) is 4.79 Å². The Balaban J connectivity index is 1.98. The van der Waals surface area contributed by atoms with Crippen molar-refractivity contribution in [2.75, 3.05) is 0 Å². The Bertz CT molecular complexity index is 964. The van der Waals surface area contributed by atoms with E-state index in [4.69, 9.17) is 5.11 Å². The van der Waals surface area contributed by atoms with Crippen molar-refractivity contribution in [2.45, 2.75) is 99.3 Å². The molecule has 2 N–H and O–H groups in total. The first-order valence-electron chi connectivity index (χ1n) is 13.1. The summed E-state index contributed by atoms with van der Waals surface area (Å²) in [5.74, 6) is -0.303. The quantitative estimate of drug-likeness (QED) is 0.268.